The summed E-state index contributed by atoms with van der Waals surface area (Å²) in [6.45, 7) is 6.64. The van der Waals surface area contributed by atoms with E-state index in [0.717, 1.165) is 23.1 Å². The number of amides is 3. The largest absolute Gasteiger partial charge is 0.396 e. The molecule has 5 rings (SSSR count). The predicted molar refractivity (Wildman–Crippen MR) is 148 cm³/mol. The van der Waals surface area contributed by atoms with Crippen LogP contribution in [-0.4, -0.2) is 58.1 Å². The SMILES string of the molecule is Cc1ccc(C)c(NC(=O)C2N(CCCCCO)C(=O)[C@@H]3[C@@H](C(=O)NCc4ccccc4)[C@@]4(C)CCC23O4)c1. The van der Waals surface area contributed by atoms with Crippen molar-refractivity contribution in [2.75, 3.05) is 18.5 Å². The molecule has 5 atom stereocenters. The van der Waals surface area contributed by atoms with Crippen LogP contribution in [0.4, 0.5) is 5.69 Å². The Labute approximate surface area is 230 Å². The monoisotopic (exact) mass is 533 g/mol. The van der Waals surface area contributed by atoms with E-state index < -0.39 is 29.1 Å². The summed E-state index contributed by atoms with van der Waals surface area (Å²) >= 11 is 0. The fourth-order valence-electron chi connectivity index (χ4n) is 6.90. The first-order chi connectivity index (χ1) is 18.7. The second kappa shape index (κ2) is 10.7. The minimum atomic E-state index is -1.06. The van der Waals surface area contributed by atoms with Crippen LogP contribution in [0.1, 0.15) is 55.7 Å². The second-order valence-corrected chi connectivity index (χ2v) is 11.6. The maximum Gasteiger partial charge on any atom is 0.250 e. The van der Waals surface area contributed by atoms with Crippen LogP contribution in [0.3, 0.4) is 0 Å². The van der Waals surface area contributed by atoms with E-state index in [9.17, 15) is 19.5 Å². The molecule has 8 heteroatoms. The second-order valence-electron chi connectivity index (χ2n) is 11.6. The summed E-state index contributed by atoms with van der Waals surface area (Å²) in [5.41, 5.74) is 1.77. The van der Waals surface area contributed by atoms with Crippen LogP contribution in [0.2, 0.25) is 0 Å². The molecule has 208 valence electrons. The Kier molecular flexibility index (Phi) is 7.53. The van der Waals surface area contributed by atoms with Gasteiger partial charge >= 0.3 is 0 Å². The van der Waals surface area contributed by atoms with Gasteiger partial charge in [-0.2, -0.15) is 0 Å². The number of aliphatic hydroxyl groups excluding tert-OH is 1. The molecule has 3 heterocycles. The van der Waals surface area contributed by atoms with E-state index in [-0.39, 0.29) is 24.3 Å². The number of aryl methyl sites for hydroxylation is 2. The van der Waals surface area contributed by atoms with E-state index in [2.05, 4.69) is 10.6 Å². The molecule has 3 aliphatic rings. The number of nitrogens with zero attached hydrogens (tertiary/aromatic N) is 1. The molecule has 0 radical (unpaired) electrons. The highest BCUT2D eigenvalue weighted by Crippen LogP contribution is 2.63. The van der Waals surface area contributed by atoms with Crippen molar-refractivity contribution in [1.29, 1.82) is 0 Å². The molecule has 3 aliphatic heterocycles. The number of nitrogens with one attached hydrogen (secondary N) is 2. The van der Waals surface area contributed by atoms with Crippen molar-refractivity contribution in [1.82, 2.24) is 10.2 Å². The number of likely N-dealkylation sites (tertiary alicyclic amines) is 1. The molecule has 2 aromatic carbocycles. The summed E-state index contributed by atoms with van der Waals surface area (Å²) in [6.07, 6.45) is 3.18. The number of benzene rings is 2. The molecule has 2 unspecified atom stereocenters. The van der Waals surface area contributed by atoms with Gasteiger partial charge in [-0.3, -0.25) is 14.4 Å². The van der Waals surface area contributed by atoms with Gasteiger partial charge in [-0.25, -0.2) is 0 Å². The molecule has 2 bridgehead atoms. The maximum absolute atomic E-state index is 14.1. The average molecular weight is 534 g/mol. The van der Waals surface area contributed by atoms with Gasteiger partial charge in [-0.1, -0.05) is 42.5 Å². The molecule has 1 spiro atoms. The normalized spacial score (nSPS) is 29.0. The van der Waals surface area contributed by atoms with Crippen LogP contribution < -0.4 is 10.6 Å². The quantitative estimate of drug-likeness (QED) is 0.405. The van der Waals surface area contributed by atoms with E-state index in [4.69, 9.17) is 4.74 Å². The number of ether oxygens (including phenoxy) is 1. The molecule has 0 saturated carbocycles. The van der Waals surface area contributed by atoms with E-state index in [1.807, 2.05) is 69.3 Å². The predicted octanol–water partition coefficient (Wildman–Crippen LogP) is 3.49. The lowest BCUT2D eigenvalue weighted by atomic mass is 9.66. The van der Waals surface area contributed by atoms with Gasteiger partial charge in [0.2, 0.25) is 17.7 Å². The van der Waals surface area contributed by atoms with Gasteiger partial charge in [0, 0.05) is 25.4 Å². The summed E-state index contributed by atoms with van der Waals surface area (Å²) in [4.78, 5) is 43.4. The van der Waals surface area contributed by atoms with Gasteiger partial charge in [0.25, 0.3) is 0 Å². The highest BCUT2D eigenvalue weighted by atomic mass is 16.5. The molecule has 39 heavy (non-hydrogen) atoms. The third-order valence-corrected chi connectivity index (χ3v) is 8.83. The molecule has 2 aromatic rings. The number of hydrogen-bond donors (Lipinski definition) is 3. The van der Waals surface area contributed by atoms with E-state index in [0.29, 0.717) is 44.5 Å². The summed E-state index contributed by atoms with van der Waals surface area (Å²) < 4.78 is 6.69. The molecule has 0 aliphatic carbocycles. The standard InChI is InChI=1S/C31H39N3O5/c1-20-12-13-21(2)23(18-20)33-28(37)26-31-15-14-30(3,39-31)24(27(36)32-19-22-10-6-4-7-11-22)25(31)29(38)34(26)16-8-5-9-17-35/h4,6-7,10-13,18,24-26,35H,5,8-9,14-17,19H2,1-3H3,(H,32,36)(H,33,37)/t24-,25-,26?,30+,31?/m0/s1. The molecular weight excluding hydrogens is 494 g/mol. The molecular formula is C31H39N3O5. The number of rotatable bonds is 10. The fourth-order valence-corrected chi connectivity index (χ4v) is 6.90. The highest BCUT2D eigenvalue weighted by Gasteiger charge is 2.77. The Morgan fingerprint density at radius 3 is 2.56 bits per heavy atom. The van der Waals surface area contributed by atoms with Crippen LogP contribution in [0.15, 0.2) is 48.5 Å². The average Bonchev–Trinajstić information content (AvgIpc) is 3.48. The van der Waals surface area contributed by atoms with Crippen molar-refractivity contribution in [3.8, 4) is 0 Å². The Morgan fingerprint density at radius 1 is 1.05 bits per heavy atom. The van der Waals surface area contributed by atoms with Gasteiger partial charge in [0.1, 0.15) is 11.6 Å². The molecule has 3 N–H and O–H groups in total. The number of carbonyl (C=O) groups excluding carboxylic acids is 3. The first-order valence-electron chi connectivity index (χ1n) is 14.0. The van der Waals surface area contributed by atoms with Crippen molar-refractivity contribution in [3.05, 3.63) is 65.2 Å². The smallest absolute Gasteiger partial charge is 0.250 e. The zero-order valence-electron chi connectivity index (χ0n) is 23.0. The zero-order chi connectivity index (χ0) is 27.8. The first-order valence-corrected chi connectivity index (χ1v) is 14.0. The number of unbranched alkanes of at least 4 members (excludes halogenated alkanes) is 2. The van der Waals surface area contributed by atoms with Crippen molar-refractivity contribution >= 4 is 23.4 Å². The lowest BCUT2D eigenvalue weighted by molar-refractivity contribution is -0.144. The lowest BCUT2D eigenvalue weighted by Gasteiger charge is -2.33. The number of carbonyl (C=O) groups is 3. The van der Waals surface area contributed by atoms with E-state index >= 15 is 0 Å². The molecule has 3 amide bonds. The third kappa shape index (κ3) is 4.85. The third-order valence-electron chi connectivity index (χ3n) is 8.83. The summed E-state index contributed by atoms with van der Waals surface area (Å²) in [6, 6.07) is 14.7. The van der Waals surface area contributed by atoms with E-state index in [1.54, 1.807) is 4.90 Å². The van der Waals surface area contributed by atoms with Crippen LogP contribution in [0.5, 0.6) is 0 Å². The molecule has 3 saturated heterocycles. The van der Waals surface area contributed by atoms with Crippen LogP contribution in [-0.2, 0) is 25.7 Å². The van der Waals surface area contributed by atoms with Crippen molar-refractivity contribution < 1.29 is 24.2 Å². The zero-order valence-corrected chi connectivity index (χ0v) is 23.0. The summed E-state index contributed by atoms with van der Waals surface area (Å²) in [5.74, 6) is -2.09. The number of fused-ring (bicyclic) bond motifs is 1. The van der Waals surface area contributed by atoms with Gasteiger partial charge in [-0.15, -0.1) is 0 Å². The van der Waals surface area contributed by atoms with Gasteiger partial charge in [-0.05, 0) is 75.6 Å². The minimum Gasteiger partial charge on any atom is -0.396 e. The molecule has 0 aromatic heterocycles. The summed E-state index contributed by atoms with van der Waals surface area (Å²) in [7, 11) is 0. The van der Waals surface area contributed by atoms with Crippen molar-refractivity contribution in [2.24, 2.45) is 11.8 Å². The first kappa shape index (κ1) is 27.3. The molecule has 3 fully saturated rings. The minimum absolute atomic E-state index is 0.0855. The fraction of sp³-hybridized carbons (Fsp3) is 0.516. The maximum atomic E-state index is 14.1. The number of hydrogen-bond acceptors (Lipinski definition) is 5. The lowest BCUT2D eigenvalue weighted by Crippen LogP contribution is -2.53. The van der Waals surface area contributed by atoms with Crippen molar-refractivity contribution in [3.63, 3.8) is 0 Å². The van der Waals surface area contributed by atoms with E-state index in [1.165, 1.54) is 0 Å². The Hall–Kier alpha value is -3.23. The van der Waals surface area contributed by atoms with Gasteiger partial charge < -0.3 is 25.4 Å². The van der Waals surface area contributed by atoms with Crippen LogP contribution in [0.25, 0.3) is 0 Å². The number of aliphatic hydroxyl groups is 1. The van der Waals surface area contributed by atoms with Gasteiger partial charge in [0.15, 0.2) is 0 Å². The number of anilines is 1. The van der Waals surface area contributed by atoms with Crippen LogP contribution in [0, 0.1) is 25.7 Å². The van der Waals surface area contributed by atoms with Gasteiger partial charge in [0.05, 0.1) is 17.4 Å². The Bertz CT molecular complexity index is 1250. The Morgan fingerprint density at radius 2 is 1.82 bits per heavy atom. The Balaban J connectivity index is 1.44. The summed E-state index contributed by atoms with van der Waals surface area (Å²) in [5, 5.41) is 15.3. The highest BCUT2D eigenvalue weighted by molar-refractivity contribution is 6.04. The van der Waals surface area contributed by atoms with Crippen molar-refractivity contribution in [2.45, 2.75) is 76.7 Å². The van der Waals surface area contributed by atoms with Crippen LogP contribution >= 0.6 is 0 Å². The topological polar surface area (TPSA) is 108 Å². The molecule has 8 nitrogen and oxygen atoms in total.